The third kappa shape index (κ3) is 4.81. The Balaban J connectivity index is 1.38. The molecule has 5 nitrogen and oxygen atoms in total. The fourth-order valence-corrected chi connectivity index (χ4v) is 4.09. The largest absolute Gasteiger partial charge is 0.454 e. The van der Waals surface area contributed by atoms with Crippen molar-refractivity contribution >= 4 is 48.9 Å². The summed E-state index contributed by atoms with van der Waals surface area (Å²) in [5.74, 6) is 0.998. The molecule has 4 rings (SSSR count). The van der Waals surface area contributed by atoms with Gasteiger partial charge in [0, 0.05) is 10.3 Å². The standard InChI is InChI=1S/C23H19BrN2O3S/c24-17-5-1-3-7-19(17)29-20-8-4-2-6-18(20)26-22(27)14-25-23(28)16-9-10-21-15(13-16)11-12-30-21/h1-13,22,26-27H,14H2,(H,25,28). The Morgan fingerprint density at radius 1 is 1.03 bits per heavy atom. The number of benzene rings is 3. The second-order valence-corrected chi connectivity index (χ2v) is 8.37. The summed E-state index contributed by atoms with van der Waals surface area (Å²) < 4.78 is 7.93. The third-order valence-electron chi connectivity index (χ3n) is 4.44. The van der Waals surface area contributed by atoms with Crippen molar-refractivity contribution in [2.24, 2.45) is 0 Å². The Labute approximate surface area is 186 Å². The average molecular weight is 483 g/mol. The zero-order valence-electron chi connectivity index (χ0n) is 15.8. The minimum absolute atomic E-state index is 0.0455. The number of aliphatic hydroxyl groups is 1. The molecule has 1 amide bonds. The fourth-order valence-electron chi connectivity index (χ4n) is 2.95. The van der Waals surface area contributed by atoms with Crippen molar-refractivity contribution < 1.29 is 14.6 Å². The minimum atomic E-state index is -0.984. The van der Waals surface area contributed by atoms with E-state index < -0.39 is 6.23 Å². The number of anilines is 1. The number of carbonyl (C=O) groups is 1. The summed E-state index contributed by atoms with van der Waals surface area (Å²) >= 11 is 5.10. The maximum atomic E-state index is 12.4. The number of thiophene rings is 1. The van der Waals surface area contributed by atoms with Gasteiger partial charge < -0.3 is 20.5 Å². The summed E-state index contributed by atoms with van der Waals surface area (Å²) in [6.07, 6.45) is -0.984. The van der Waals surface area contributed by atoms with E-state index in [4.69, 9.17) is 4.74 Å². The number of amides is 1. The van der Waals surface area contributed by atoms with Crippen molar-refractivity contribution in [2.45, 2.75) is 6.23 Å². The summed E-state index contributed by atoms with van der Waals surface area (Å²) in [5, 5.41) is 19.2. The van der Waals surface area contributed by atoms with Crippen LogP contribution in [0.15, 0.2) is 82.6 Å². The first kappa shape index (κ1) is 20.4. The van der Waals surface area contributed by atoms with E-state index >= 15 is 0 Å². The van der Waals surface area contributed by atoms with Crippen LogP contribution in [0.5, 0.6) is 11.5 Å². The zero-order chi connectivity index (χ0) is 20.9. The van der Waals surface area contributed by atoms with Gasteiger partial charge in [-0.3, -0.25) is 4.79 Å². The first-order valence-corrected chi connectivity index (χ1v) is 11.0. The van der Waals surface area contributed by atoms with Crippen molar-refractivity contribution in [3.05, 3.63) is 88.2 Å². The molecule has 1 heterocycles. The molecule has 7 heteroatoms. The number of rotatable bonds is 7. The van der Waals surface area contributed by atoms with E-state index in [1.54, 1.807) is 17.4 Å². The molecule has 0 radical (unpaired) electrons. The molecular weight excluding hydrogens is 464 g/mol. The van der Waals surface area contributed by atoms with E-state index in [0.717, 1.165) is 14.6 Å². The number of nitrogens with one attached hydrogen (secondary N) is 2. The van der Waals surface area contributed by atoms with E-state index in [1.807, 2.05) is 72.1 Å². The predicted octanol–water partition coefficient (Wildman–Crippen LogP) is 5.62. The topological polar surface area (TPSA) is 70.6 Å². The molecule has 0 aliphatic rings. The van der Waals surface area contributed by atoms with E-state index in [9.17, 15) is 9.90 Å². The van der Waals surface area contributed by atoms with Crippen LogP contribution in [0.3, 0.4) is 0 Å². The van der Waals surface area contributed by atoms with Crippen LogP contribution in [-0.4, -0.2) is 23.8 Å². The Morgan fingerprint density at radius 2 is 1.80 bits per heavy atom. The molecule has 1 atom stereocenters. The highest BCUT2D eigenvalue weighted by atomic mass is 79.9. The Kier molecular flexibility index (Phi) is 6.32. The summed E-state index contributed by atoms with van der Waals surface area (Å²) in [4.78, 5) is 12.4. The number of para-hydroxylation sites is 3. The lowest BCUT2D eigenvalue weighted by Gasteiger charge is -2.18. The highest BCUT2D eigenvalue weighted by Gasteiger charge is 2.13. The van der Waals surface area contributed by atoms with Crippen molar-refractivity contribution in [3.8, 4) is 11.5 Å². The molecule has 0 aliphatic carbocycles. The molecule has 3 aromatic carbocycles. The number of carbonyl (C=O) groups excluding carboxylic acids is 1. The molecule has 1 unspecified atom stereocenters. The molecule has 152 valence electrons. The molecule has 0 bridgehead atoms. The Morgan fingerprint density at radius 3 is 2.63 bits per heavy atom. The van der Waals surface area contributed by atoms with Crippen molar-refractivity contribution in [3.63, 3.8) is 0 Å². The van der Waals surface area contributed by atoms with Crippen LogP contribution in [0.4, 0.5) is 5.69 Å². The zero-order valence-corrected chi connectivity index (χ0v) is 18.2. The molecule has 0 aliphatic heterocycles. The van der Waals surface area contributed by atoms with E-state index in [0.29, 0.717) is 22.7 Å². The normalized spacial score (nSPS) is 11.8. The Bertz CT molecular complexity index is 1180. The number of hydrogen-bond donors (Lipinski definition) is 3. The van der Waals surface area contributed by atoms with Crippen LogP contribution < -0.4 is 15.4 Å². The van der Waals surface area contributed by atoms with Crippen LogP contribution in [0.1, 0.15) is 10.4 Å². The lowest BCUT2D eigenvalue weighted by Crippen LogP contribution is -2.36. The summed E-state index contributed by atoms with van der Waals surface area (Å²) in [6.45, 7) is 0.0455. The van der Waals surface area contributed by atoms with Gasteiger partial charge in [0.25, 0.3) is 5.91 Å². The smallest absolute Gasteiger partial charge is 0.251 e. The van der Waals surface area contributed by atoms with Crippen molar-refractivity contribution in [1.29, 1.82) is 0 Å². The highest BCUT2D eigenvalue weighted by Crippen LogP contribution is 2.33. The van der Waals surface area contributed by atoms with Crippen LogP contribution in [0.2, 0.25) is 0 Å². The molecule has 0 fully saturated rings. The fraction of sp³-hybridized carbons (Fsp3) is 0.0870. The monoisotopic (exact) mass is 482 g/mol. The van der Waals surface area contributed by atoms with Gasteiger partial charge in [0.05, 0.1) is 16.7 Å². The molecule has 0 saturated heterocycles. The van der Waals surface area contributed by atoms with Gasteiger partial charge in [-0.25, -0.2) is 0 Å². The van der Waals surface area contributed by atoms with Gasteiger partial charge >= 0.3 is 0 Å². The summed E-state index contributed by atoms with van der Waals surface area (Å²) in [7, 11) is 0. The molecule has 3 N–H and O–H groups in total. The maximum absolute atomic E-state index is 12.4. The summed E-state index contributed by atoms with van der Waals surface area (Å²) in [5.41, 5.74) is 1.18. The quantitative estimate of drug-likeness (QED) is 0.299. The van der Waals surface area contributed by atoms with E-state index in [2.05, 4.69) is 26.6 Å². The lowest BCUT2D eigenvalue weighted by molar-refractivity contribution is 0.0927. The molecule has 30 heavy (non-hydrogen) atoms. The molecule has 1 aromatic heterocycles. The molecule has 0 saturated carbocycles. The average Bonchev–Trinajstić information content (AvgIpc) is 3.23. The SMILES string of the molecule is O=C(NCC(O)Nc1ccccc1Oc1ccccc1Br)c1ccc2sccc2c1. The van der Waals surface area contributed by atoms with Crippen LogP contribution in [-0.2, 0) is 0 Å². The van der Waals surface area contributed by atoms with Crippen LogP contribution >= 0.6 is 27.3 Å². The number of hydrogen-bond acceptors (Lipinski definition) is 5. The third-order valence-corrected chi connectivity index (χ3v) is 5.99. The summed E-state index contributed by atoms with van der Waals surface area (Å²) in [6, 6.07) is 22.4. The van der Waals surface area contributed by atoms with Crippen molar-refractivity contribution in [2.75, 3.05) is 11.9 Å². The second-order valence-electron chi connectivity index (χ2n) is 6.57. The van der Waals surface area contributed by atoms with Gasteiger partial charge in [-0.2, -0.15) is 0 Å². The number of fused-ring (bicyclic) bond motifs is 1. The Hall–Kier alpha value is -2.87. The molecule has 4 aromatic rings. The van der Waals surface area contributed by atoms with Crippen LogP contribution in [0.25, 0.3) is 10.1 Å². The van der Waals surface area contributed by atoms with Gasteiger partial charge in [0.1, 0.15) is 12.0 Å². The molecule has 0 spiro atoms. The van der Waals surface area contributed by atoms with Gasteiger partial charge in [0.15, 0.2) is 5.75 Å². The number of aliphatic hydroxyl groups excluding tert-OH is 1. The maximum Gasteiger partial charge on any atom is 0.251 e. The number of halogens is 1. The predicted molar refractivity (Wildman–Crippen MR) is 124 cm³/mol. The van der Waals surface area contributed by atoms with Gasteiger partial charge in [-0.15, -0.1) is 11.3 Å². The molecular formula is C23H19BrN2O3S. The minimum Gasteiger partial charge on any atom is -0.454 e. The van der Waals surface area contributed by atoms with E-state index in [1.165, 1.54) is 0 Å². The first-order valence-electron chi connectivity index (χ1n) is 9.31. The van der Waals surface area contributed by atoms with Gasteiger partial charge in [0.2, 0.25) is 0 Å². The highest BCUT2D eigenvalue weighted by molar-refractivity contribution is 9.10. The number of ether oxygens (including phenoxy) is 1. The van der Waals surface area contributed by atoms with Gasteiger partial charge in [-0.05, 0) is 75.2 Å². The van der Waals surface area contributed by atoms with E-state index in [-0.39, 0.29) is 12.5 Å². The van der Waals surface area contributed by atoms with Gasteiger partial charge in [-0.1, -0.05) is 24.3 Å². The lowest BCUT2D eigenvalue weighted by atomic mass is 10.1. The van der Waals surface area contributed by atoms with Crippen molar-refractivity contribution in [1.82, 2.24) is 5.32 Å². The first-order chi connectivity index (χ1) is 14.6. The second kappa shape index (κ2) is 9.30. The van der Waals surface area contributed by atoms with Crippen LogP contribution in [0, 0.1) is 0 Å².